The van der Waals surface area contributed by atoms with Gasteiger partial charge < -0.3 is 9.80 Å². The van der Waals surface area contributed by atoms with Crippen LogP contribution in [0.2, 0.25) is 0 Å². The van der Waals surface area contributed by atoms with Gasteiger partial charge in [0, 0.05) is 50.9 Å². The summed E-state index contributed by atoms with van der Waals surface area (Å²) in [4.78, 5) is 25.6. The topological polar surface area (TPSA) is 66.7 Å². The molecule has 1 amide bonds. The largest absolute Gasteiger partial charge is 0.370 e. The molecule has 102 valence electrons. The lowest BCUT2D eigenvalue weighted by Crippen LogP contribution is -2.33. The van der Waals surface area contributed by atoms with Crippen molar-refractivity contribution < 1.29 is 9.72 Å². The van der Waals surface area contributed by atoms with Crippen molar-refractivity contribution in [3.05, 3.63) is 34.4 Å². The van der Waals surface area contributed by atoms with Gasteiger partial charge in [0.25, 0.3) is 5.69 Å². The Kier molecular flexibility index (Phi) is 3.99. The Bertz CT molecular complexity index is 473. The van der Waals surface area contributed by atoms with Gasteiger partial charge in [0.2, 0.25) is 5.91 Å². The molecule has 0 atom stereocenters. The Morgan fingerprint density at radius 1 is 1.16 bits per heavy atom. The number of nitro benzene ring substituents is 1. The highest BCUT2D eigenvalue weighted by Crippen LogP contribution is 2.20. The van der Waals surface area contributed by atoms with E-state index in [1.165, 1.54) is 12.1 Å². The molecule has 1 aromatic rings. The van der Waals surface area contributed by atoms with E-state index in [-0.39, 0.29) is 11.6 Å². The molecule has 2 rings (SSSR count). The molecule has 1 saturated heterocycles. The van der Waals surface area contributed by atoms with Crippen molar-refractivity contribution in [1.29, 1.82) is 0 Å². The van der Waals surface area contributed by atoms with Crippen LogP contribution in [-0.4, -0.2) is 41.9 Å². The minimum atomic E-state index is -0.399. The van der Waals surface area contributed by atoms with Gasteiger partial charge in [0.05, 0.1) is 4.92 Å². The number of benzene rings is 1. The Balaban J connectivity index is 2.05. The first kappa shape index (κ1) is 13.3. The SMILES string of the molecule is CC(=O)N1CCCN(c2ccc([N+](=O)[O-])cc2)CC1. The molecule has 0 bridgehead atoms. The van der Waals surface area contributed by atoms with Crippen molar-refractivity contribution in [2.45, 2.75) is 13.3 Å². The lowest BCUT2D eigenvalue weighted by molar-refractivity contribution is -0.384. The molecular formula is C13H17N3O3. The Labute approximate surface area is 111 Å². The number of hydrogen-bond acceptors (Lipinski definition) is 4. The summed E-state index contributed by atoms with van der Waals surface area (Å²) < 4.78 is 0. The zero-order valence-electron chi connectivity index (χ0n) is 10.9. The van der Waals surface area contributed by atoms with Crippen LogP contribution in [0.3, 0.4) is 0 Å². The molecule has 6 nitrogen and oxygen atoms in total. The number of amides is 1. The van der Waals surface area contributed by atoms with Crippen LogP contribution >= 0.6 is 0 Å². The monoisotopic (exact) mass is 263 g/mol. The van der Waals surface area contributed by atoms with Gasteiger partial charge in [-0.25, -0.2) is 0 Å². The van der Waals surface area contributed by atoms with Crippen LogP contribution in [0, 0.1) is 10.1 Å². The Hall–Kier alpha value is -2.11. The van der Waals surface area contributed by atoms with E-state index in [0.717, 1.165) is 31.7 Å². The summed E-state index contributed by atoms with van der Waals surface area (Å²) >= 11 is 0. The fourth-order valence-corrected chi connectivity index (χ4v) is 2.28. The van der Waals surface area contributed by atoms with E-state index >= 15 is 0 Å². The van der Waals surface area contributed by atoms with Crippen LogP contribution in [0.5, 0.6) is 0 Å². The van der Waals surface area contributed by atoms with Crippen molar-refractivity contribution in [1.82, 2.24) is 4.90 Å². The summed E-state index contributed by atoms with van der Waals surface area (Å²) in [7, 11) is 0. The first-order valence-electron chi connectivity index (χ1n) is 6.33. The number of nitro groups is 1. The van der Waals surface area contributed by atoms with Gasteiger partial charge in [-0.1, -0.05) is 0 Å². The molecule has 0 N–H and O–H groups in total. The number of anilines is 1. The summed E-state index contributed by atoms with van der Waals surface area (Å²) in [5.74, 6) is 0.102. The third-order valence-corrected chi connectivity index (χ3v) is 3.37. The minimum absolute atomic E-state index is 0.101. The third kappa shape index (κ3) is 3.21. The standard InChI is InChI=1S/C13H17N3O3/c1-11(17)14-7-2-8-15(10-9-14)12-3-5-13(6-4-12)16(18)19/h3-6H,2,7-10H2,1H3. The van der Waals surface area contributed by atoms with Crippen molar-refractivity contribution >= 4 is 17.3 Å². The zero-order valence-corrected chi connectivity index (χ0v) is 10.9. The minimum Gasteiger partial charge on any atom is -0.370 e. The molecule has 0 aliphatic carbocycles. The normalized spacial score (nSPS) is 16.1. The molecule has 0 spiro atoms. The molecule has 0 unspecified atom stereocenters. The summed E-state index contributed by atoms with van der Waals surface area (Å²) in [6, 6.07) is 6.56. The maximum atomic E-state index is 11.3. The molecular weight excluding hydrogens is 246 g/mol. The molecule has 1 aliphatic rings. The van der Waals surface area contributed by atoms with Crippen LogP contribution in [0.1, 0.15) is 13.3 Å². The molecule has 6 heteroatoms. The summed E-state index contributed by atoms with van der Waals surface area (Å²) in [5.41, 5.74) is 1.07. The number of rotatable bonds is 2. The highest BCUT2D eigenvalue weighted by Gasteiger charge is 2.17. The quantitative estimate of drug-likeness (QED) is 0.601. The molecule has 0 saturated carbocycles. The van der Waals surface area contributed by atoms with Crippen molar-refractivity contribution in [3.63, 3.8) is 0 Å². The first-order chi connectivity index (χ1) is 9.08. The van der Waals surface area contributed by atoms with Gasteiger partial charge in [-0.15, -0.1) is 0 Å². The molecule has 0 radical (unpaired) electrons. The lowest BCUT2D eigenvalue weighted by atomic mass is 10.2. The van der Waals surface area contributed by atoms with Crippen LogP contribution in [0.15, 0.2) is 24.3 Å². The highest BCUT2D eigenvalue weighted by atomic mass is 16.6. The average molecular weight is 263 g/mol. The second kappa shape index (κ2) is 5.69. The number of hydrogen-bond donors (Lipinski definition) is 0. The van der Waals surface area contributed by atoms with E-state index in [2.05, 4.69) is 4.90 Å². The Morgan fingerprint density at radius 2 is 1.84 bits per heavy atom. The Morgan fingerprint density at radius 3 is 2.42 bits per heavy atom. The molecule has 1 heterocycles. The average Bonchev–Trinajstić information content (AvgIpc) is 2.64. The summed E-state index contributed by atoms with van der Waals surface area (Å²) in [5, 5.41) is 10.6. The van der Waals surface area contributed by atoms with Crippen LogP contribution in [-0.2, 0) is 4.79 Å². The van der Waals surface area contributed by atoms with Gasteiger partial charge in [0.15, 0.2) is 0 Å². The smallest absolute Gasteiger partial charge is 0.269 e. The van der Waals surface area contributed by atoms with E-state index in [4.69, 9.17) is 0 Å². The molecule has 0 aromatic heterocycles. The fourth-order valence-electron chi connectivity index (χ4n) is 2.28. The van der Waals surface area contributed by atoms with E-state index in [1.54, 1.807) is 19.1 Å². The van der Waals surface area contributed by atoms with E-state index in [1.807, 2.05) is 4.90 Å². The predicted octanol–water partition coefficient (Wildman–Crippen LogP) is 1.65. The highest BCUT2D eigenvalue weighted by molar-refractivity contribution is 5.73. The van der Waals surface area contributed by atoms with Crippen LogP contribution in [0.4, 0.5) is 11.4 Å². The van der Waals surface area contributed by atoms with Crippen LogP contribution < -0.4 is 4.90 Å². The fraction of sp³-hybridized carbons (Fsp3) is 0.462. The lowest BCUT2D eigenvalue weighted by Gasteiger charge is -2.23. The number of nitrogens with zero attached hydrogens (tertiary/aromatic N) is 3. The second-order valence-corrected chi connectivity index (χ2v) is 4.62. The first-order valence-corrected chi connectivity index (χ1v) is 6.33. The maximum Gasteiger partial charge on any atom is 0.269 e. The molecule has 19 heavy (non-hydrogen) atoms. The molecule has 1 aliphatic heterocycles. The molecule has 1 fully saturated rings. The van der Waals surface area contributed by atoms with Gasteiger partial charge in [-0.2, -0.15) is 0 Å². The van der Waals surface area contributed by atoms with E-state index < -0.39 is 4.92 Å². The number of carbonyl (C=O) groups excluding carboxylic acids is 1. The van der Waals surface area contributed by atoms with Gasteiger partial charge in [-0.3, -0.25) is 14.9 Å². The third-order valence-electron chi connectivity index (χ3n) is 3.37. The van der Waals surface area contributed by atoms with E-state index in [0.29, 0.717) is 6.54 Å². The van der Waals surface area contributed by atoms with Gasteiger partial charge in [-0.05, 0) is 18.6 Å². The van der Waals surface area contributed by atoms with Gasteiger partial charge >= 0.3 is 0 Å². The summed E-state index contributed by atoms with van der Waals surface area (Å²) in [6.45, 7) is 4.69. The summed E-state index contributed by atoms with van der Waals surface area (Å²) in [6.07, 6.45) is 0.913. The molecule has 1 aromatic carbocycles. The van der Waals surface area contributed by atoms with Crippen molar-refractivity contribution in [2.24, 2.45) is 0 Å². The number of non-ortho nitro benzene ring substituents is 1. The number of carbonyl (C=O) groups is 1. The van der Waals surface area contributed by atoms with Crippen LogP contribution in [0.25, 0.3) is 0 Å². The van der Waals surface area contributed by atoms with Crippen molar-refractivity contribution in [2.75, 3.05) is 31.1 Å². The van der Waals surface area contributed by atoms with E-state index in [9.17, 15) is 14.9 Å². The zero-order chi connectivity index (χ0) is 13.8. The maximum absolute atomic E-state index is 11.3. The second-order valence-electron chi connectivity index (χ2n) is 4.62. The van der Waals surface area contributed by atoms with Crippen molar-refractivity contribution in [3.8, 4) is 0 Å². The predicted molar refractivity (Wildman–Crippen MR) is 72.2 cm³/mol. The van der Waals surface area contributed by atoms with Gasteiger partial charge in [0.1, 0.15) is 0 Å².